The first kappa shape index (κ1) is 15.2. The van der Waals surface area contributed by atoms with Crippen molar-refractivity contribution in [2.75, 3.05) is 26.9 Å². The van der Waals surface area contributed by atoms with E-state index >= 15 is 0 Å². The normalized spacial score (nSPS) is 12.6. The first-order valence-electron chi connectivity index (χ1n) is 6.62. The van der Waals surface area contributed by atoms with Crippen molar-refractivity contribution >= 4 is 0 Å². The summed E-state index contributed by atoms with van der Waals surface area (Å²) in [6.07, 6.45) is 3.93. The molecule has 3 nitrogen and oxygen atoms in total. The first-order chi connectivity index (χ1) is 8.86. The van der Waals surface area contributed by atoms with Crippen LogP contribution in [0, 0.1) is 0 Å². The summed E-state index contributed by atoms with van der Waals surface area (Å²) in [7, 11) is 1.68. The monoisotopic (exact) mass is 252 g/mol. The number of rotatable bonds is 10. The topological polar surface area (TPSA) is 38.7 Å². The summed E-state index contributed by atoms with van der Waals surface area (Å²) in [6.45, 7) is 1.48. The molecule has 1 atom stereocenters. The lowest BCUT2D eigenvalue weighted by atomic mass is 10.0. The predicted octanol–water partition coefficient (Wildman–Crippen LogP) is 2.42. The quantitative estimate of drug-likeness (QED) is 0.650. The second-order valence-corrected chi connectivity index (χ2v) is 4.38. The van der Waals surface area contributed by atoms with Crippen molar-refractivity contribution in [3.63, 3.8) is 0 Å². The molecule has 0 spiro atoms. The number of benzene rings is 1. The maximum Gasteiger partial charge on any atom is 0.0704 e. The number of aliphatic hydroxyl groups excluding tert-OH is 1. The van der Waals surface area contributed by atoms with Crippen LogP contribution in [0.2, 0.25) is 0 Å². The van der Waals surface area contributed by atoms with E-state index in [4.69, 9.17) is 14.6 Å². The molecule has 0 aliphatic rings. The fourth-order valence-corrected chi connectivity index (χ4v) is 1.90. The highest BCUT2D eigenvalue weighted by Crippen LogP contribution is 2.12. The molecular weight excluding hydrogens is 228 g/mol. The summed E-state index contributed by atoms with van der Waals surface area (Å²) >= 11 is 0. The van der Waals surface area contributed by atoms with Crippen LogP contribution in [0.1, 0.15) is 24.8 Å². The predicted molar refractivity (Wildman–Crippen MR) is 72.7 cm³/mol. The number of aryl methyl sites for hydroxylation is 1. The van der Waals surface area contributed by atoms with Crippen molar-refractivity contribution < 1.29 is 14.6 Å². The van der Waals surface area contributed by atoms with E-state index in [2.05, 4.69) is 24.3 Å². The van der Waals surface area contributed by atoms with Gasteiger partial charge in [0.15, 0.2) is 0 Å². The summed E-state index contributed by atoms with van der Waals surface area (Å²) in [4.78, 5) is 0. The minimum Gasteiger partial charge on any atom is -0.396 e. The number of methoxy groups -OCH3 is 1. The van der Waals surface area contributed by atoms with Crippen LogP contribution in [0.5, 0.6) is 0 Å². The van der Waals surface area contributed by atoms with Crippen LogP contribution in [0.25, 0.3) is 0 Å². The Morgan fingerprint density at radius 2 is 1.89 bits per heavy atom. The van der Waals surface area contributed by atoms with E-state index in [-0.39, 0.29) is 12.7 Å². The van der Waals surface area contributed by atoms with Gasteiger partial charge in [-0.3, -0.25) is 0 Å². The van der Waals surface area contributed by atoms with Crippen molar-refractivity contribution in [3.05, 3.63) is 35.9 Å². The molecule has 1 rings (SSSR count). The number of hydrogen-bond donors (Lipinski definition) is 1. The molecule has 0 amide bonds. The van der Waals surface area contributed by atoms with Gasteiger partial charge in [0.1, 0.15) is 0 Å². The molecule has 102 valence electrons. The van der Waals surface area contributed by atoms with E-state index in [1.54, 1.807) is 7.11 Å². The third kappa shape index (κ3) is 6.74. The Bertz CT molecular complexity index is 287. The largest absolute Gasteiger partial charge is 0.396 e. The van der Waals surface area contributed by atoms with E-state index in [1.165, 1.54) is 5.56 Å². The molecule has 0 radical (unpaired) electrons. The van der Waals surface area contributed by atoms with Gasteiger partial charge in [0.2, 0.25) is 0 Å². The lowest BCUT2D eigenvalue weighted by Gasteiger charge is -2.17. The molecule has 3 heteroatoms. The van der Waals surface area contributed by atoms with Crippen molar-refractivity contribution in [2.45, 2.75) is 31.8 Å². The van der Waals surface area contributed by atoms with Crippen LogP contribution in [0.3, 0.4) is 0 Å². The average Bonchev–Trinajstić information content (AvgIpc) is 2.42. The van der Waals surface area contributed by atoms with E-state index in [1.807, 2.05) is 6.07 Å². The second kappa shape index (κ2) is 10.1. The Labute approximate surface area is 110 Å². The highest BCUT2D eigenvalue weighted by Gasteiger charge is 2.09. The first-order valence-corrected chi connectivity index (χ1v) is 6.62. The van der Waals surface area contributed by atoms with Crippen molar-refractivity contribution in [1.82, 2.24) is 0 Å². The van der Waals surface area contributed by atoms with Gasteiger partial charge in [-0.2, -0.15) is 0 Å². The van der Waals surface area contributed by atoms with Gasteiger partial charge < -0.3 is 14.6 Å². The minimum atomic E-state index is 0.215. The molecule has 0 fully saturated rings. The minimum absolute atomic E-state index is 0.215. The number of ether oxygens (including phenoxy) is 2. The zero-order valence-electron chi connectivity index (χ0n) is 11.2. The molecule has 0 aliphatic heterocycles. The van der Waals surface area contributed by atoms with Crippen molar-refractivity contribution in [3.8, 4) is 0 Å². The summed E-state index contributed by atoms with van der Waals surface area (Å²) in [6, 6.07) is 10.4. The van der Waals surface area contributed by atoms with Gasteiger partial charge in [0, 0.05) is 13.7 Å². The molecule has 1 N–H and O–H groups in total. The maximum absolute atomic E-state index is 8.89. The van der Waals surface area contributed by atoms with Crippen molar-refractivity contribution in [1.29, 1.82) is 0 Å². The van der Waals surface area contributed by atoms with E-state index < -0.39 is 0 Å². The van der Waals surface area contributed by atoms with Crippen LogP contribution in [-0.4, -0.2) is 38.1 Å². The Morgan fingerprint density at radius 1 is 1.11 bits per heavy atom. The second-order valence-electron chi connectivity index (χ2n) is 4.38. The zero-order valence-corrected chi connectivity index (χ0v) is 11.2. The van der Waals surface area contributed by atoms with Gasteiger partial charge in [0.25, 0.3) is 0 Å². The Kier molecular flexibility index (Phi) is 8.47. The average molecular weight is 252 g/mol. The van der Waals surface area contributed by atoms with Gasteiger partial charge in [0.05, 0.1) is 19.3 Å². The molecule has 1 aromatic rings. The summed E-state index contributed by atoms with van der Waals surface area (Å²) in [5.41, 5.74) is 1.34. The fraction of sp³-hybridized carbons (Fsp3) is 0.600. The van der Waals surface area contributed by atoms with Gasteiger partial charge in [-0.1, -0.05) is 30.3 Å². The third-order valence-electron chi connectivity index (χ3n) is 2.92. The number of aliphatic hydroxyl groups is 1. The summed E-state index contributed by atoms with van der Waals surface area (Å²) in [5, 5.41) is 8.89. The molecule has 0 aliphatic carbocycles. The number of hydrogen-bond acceptors (Lipinski definition) is 3. The van der Waals surface area contributed by atoms with Crippen LogP contribution in [0.15, 0.2) is 30.3 Å². The molecule has 1 unspecified atom stereocenters. The highest BCUT2D eigenvalue weighted by molar-refractivity contribution is 5.14. The molecule has 0 heterocycles. The molecule has 0 saturated heterocycles. The lowest BCUT2D eigenvalue weighted by molar-refractivity contribution is 0.00654. The smallest absolute Gasteiger partial charge is 0.0704 e. The maximum atomic E-state index is 8.89. The van der Waals surface area contributed by atoms with Crippen molar-refractivity contribution in [2.24, 2.45) is 0 Å². The third-order valence-corrected chi connectivity index (χ3v) is 2.92. The molecule has 0 bridgehead atoms. The summed E-state index contributed by atoms with van der Waals surface area (Å²) < 4.78 is 10.8. The van der Waals surface area contributed by atoms with Gasteiger partial charge >= 0.3 is 0 Å². The van der Waals surface area contributed by atoms with Crippen LogP contribution >= 0.6 is 0 Å². The molecule has 0 saturated carbocycles. The lowest BCUT2D eigenvalue weighted by Crippen LogP contribution is -2.17. The van der Waals surface area contributed by atoms with Gasteiger partial charge in [-0.05, 0) is 31.2 Å². The molecule has 0 aromatic heterocycles. The van der Waals surface area contributed by atoms with Gasteiger partial charge in [-0.25, -0.2) is 0 Å². The Hall–Kier alpha value is -0.900. The molecule has 1 aromatic carbocycles. The Morgan fingerprint density at radius 3 is 2.56 bits per heavy atom. The SMILES string of the molecule is COCCOC(CCCO)CCc1ccccc1. The standard InChI is InChI=1S/C15H24O3/c1-17-12-13-18-15(8-5-11-16)10-9-14-6-3-2-4-7-14/h2-4,6-7,15-16H,5,8-13H2,1H3. The van der Waals surface area contributed by atoms with E-state index in [9.17, 15) is 0 Å². The molecule has 18 heavy (non-hydrogen) atoms. The van der Waals surface area contributed by atoms with Crippen LogP contribution < -0.4 is 0 Å². The highest BCUT2D eigenvalue weighted by atomic mass is 16.5. The van der Waals surface area contributed by atoms with Gasteiger partial charge in [-0.15, -0.1) is 0 Å². The zero-order chi connectivity index (χ0) is 13.1. The van der Waals surface area contributed by atoms with Crippen LogP contribution in [-0.2, 0) is 15.9 Å². The summed E-state index contributed by atoms with van der Waals surface area (Å²) in [5.74, 6) is 0. The van der Waals surface area contributed by atoms with Crippen LogP contribution in [0.4, 0.5) is 0 Å². The Balaban J connectivity index is 2.30. The van der Waals surface area contributed by atoms with E-state index in [0.717, 1.165) is 25.7 Å². The van der Waals surface area contributed by atoms with E-state index in [0.29, 0.717) is 13.2 Å². The fourth-order valence-electron chi connectivity index (χ4n) is 1.90. The molecular formula is C15H24O3.